The minimum atomic E-state index is -0.770. The number of aliphatic hydroxyl groups excluding tert-OH is 1. The number of hydrogen-bond donors (Lipinski definition) is 2. The summed E-state index contributed by atoms with van der Waals surface area (Å²) in [6.45, 7) is 0.749. The van der Waals surface area contributed by atoms with Crippen molar-refractivity contribution in [3.8, 4) is 0 Å². The van der Waals surface area contributed by atoms with Crippen molar-refractivity contribution in [1.29, 1.82) is 0 Å². The first-order valence-corrected chi connectivity index (χ1v) is 2.36. The quantitative estimate of drug-likeness (QED) is 0.421. The smallest absolute Gasteiger partial charge is 0.128 e. The fourth-order valence-electron chi connectivity index (χ4n) is 0.523. The summed E-state index contributed by atoms with van der Waals surface area (Å²) in [5.74, 6) is 0. The summed E-state index contributed by atoms with van der Waals surface area (Å²) in [5, 5.41) is 8.52. The van der Waals surface area contributed by atoms with Gasteiger partial charge in [0.05, 0.1) is 6.10 Å². The SMILES string of the molecule is NC(O)C1CCO1. The highest BCUT2D eigenvalue weighted by molar-refractivity contribution is 4.69. The van der Waals surface area contributed by atoms with Gasteiger partial charge in [0.2, 0.25) is 0 Å². The van der Waals surface area contributed by atoms with Crippen LogP contribution in [0.1, 0.15) is 6.42 Å². The van der Waals surface area contributed by atoms with Gasteiger partial charge in [0, 0.05) is 13.0 Å². The standard InChI is InChI=1S/C4H9NO2/c5-4(6)3-1-2-7-3/h3-4,6H,1-2,5H2. The van der Waals surface area contributed by atoms with Crippen LogP contribution in [-0.2, 0) is 4.74 Å². The van der Waals surface area contributed by atoms with Crippen LogP contribution < -0.4 is 5.73 Å². The second-order valence-corrected chi connectivity index (χ2v) is 1.69. The third-order valence-corrected chi connectivity index (χ3v) is 1.12. The average molecular weight is 103 g/mol. The van der Waals surface area contributed by atoms with Gasteiger partial charge in [-0.15, -0.1) is 0 Å². The summed E-state index contributed by atoms with van der Waals surface area (Å²) in [6, 6.07) is 0. The van der Waals surface area contributed by atoms with Gasteiger partial charge < -0.3 is 15.6 Å². The van der Waals surface area contributed by atoms with Crippen molar-refractivity contribution in [2.24, 2.45) is 5.73 Å². The van der Waals surface area contributed by atoms with Crippen molar-refractivity contribution in [3.63, 3.8) is 0 Å². The van der Waals surface area contributed by atoms with E-state index in [-0.39, 0.29) is 6.10 Å². The highest BCUT2D eigenvalue weighted by Gasteiger charge is 2.22. The Morgan fingerprint density at radius 2 is 2.43 bits per heavy atom. The maximum Gasteiger partial charge on any atom is 0.128 e. The van der Waals surface area contributed by atoms with Crippen LogP contribution in [0.4, 0.5) is 0 Å². The first kappa shape index (κ1) is 5.03. The Morgan fingerprint density at radius 3 is 2.43 bits per heavy atom. The molecule has 2 atom stereocenters. The molecule has 3 N–H and O–H groups in total. The van der Waals surface area contributed by atoms with Crippen molar-refractivity contribution in [2.75, 3.05) is 6.61 Å². The molecule has 0 saturated carbocycles. The highest BCUT2D eigenvalue weighted by Crippen LogP contribution is 2.11. The van der Waals surface area contributed by atoms with E-state index in [1.54, 1.807) is 0 Å². The summed E-state index contributed by atoms with van der Waals surface area (Å²) >= 11 is 0. The molecule has 3 heteroatoms. The van der Waals surface area contributed by atoms with Gasteiger partial charge in [0.1, 0.15) is 6.23 Å². The van der Waals surface area contributed by atoms with E-state index in [0.29, 0.717) is 0 Å². The fourth-order valence-corrected chi connectivity index (χ4v) is 0.523. The molecular formula is C4H9NO2. The predicted molar refractivity (Wildman–Crippen MR) is 24.6 cm³/mol. The summed E-state index contributed by atoms with van der Waals surface area (Å²) in [5.41, 5.74) is 5.03. The van der Waals surface area contributed by atoms with Crippen LogP contribution in [-0.4, -0.2) is 24.0 Å². The van der Waals surface area contributed by atoms with Crippen molar-refractivity contribution in [1.82, 2.24) is 0 Å². The third-order valence-electron chi connectivity index (χ3n) is 1.12. The number of nitrogens with two attached hydrogens (primary N) is 1. The maximum absolute atomic E-state index is 8.52. The largest absolute Gasteiger partial charge is 0.376 e. The molecule has 0 aromatic rings. The van der Waals surface area contributed by atoms with E-state index < -0.39 is 6.23 Å². The van der Waals surface area contributed by atoms with Gasteiger partial charge in [-0.3, -0.25) is 0 Å². The molecule has 1 rings (SSSR count). The van der Waals surface area contributed by atoms with Crippen LogP contribution in [0.25, 0.3) is 0 Å². The van der Waals surface area contributed by atoms with Crippen LogP contribution in [0.3, 0.4) is 0 Å². The molecule has 0 aromatic heterocycles. The molecular weight excluding hydrogens is 94.0 g/mol. The lowest BCUT2D eigenvalue weighted by Crippen LogP contribution is -2.43. The van der Waals surface area contributed by atoms with Gasteiger partial charge in [0.25, 0.3) is 0 Å². The Bertz CT molecular complexity index is 60.7. The molecule has 0 spiro atoms. The molecule has 3 nitrogen and oxygen atoms in total. The maximum atomic E-state index is 8.52. The van der Waals surface area contributed by atoms with E-state index in [1.165, 1.54) is 0 Å². The van der Waals surface area contributed by atoms with E-state index in [0.717, 1.165) is 13.0 Å². The monoisotopic (exact) mass is 103 g/mol. The number of aliphatic hydroxyl groups is 1. The van der Waals surface area contributed by atoms with Crippen LogP contribution in [0.5, 0.6) is 0 Å². The minimum Gasteiger partial charge on any atom is -0.376 e. The van der Waals surface area contributed by atoms with E-state index in [1.807, 2.05) is 0 Å². The average Bonchev–Trinajstić information content (AvgIpc) is 1.23. The van der Waals surface area contributed by atoms with E-state index >= 15 is 0 Å². The zero-order chi connectivity index (χ0) is 5.28. The third kappa shape index (κ3) is 0.907. The molecule has 0 amide bonds. The molecule has 1 saturated heterocycles. The first-order chi connectivity index (χ1) is 3.30. The molecule has 42 valence electrons. The molecule has 0 bridgehead atoms. The number of rotatable bonds is 1. The Balaban J connectivity index is 2.14. The zero-order valence-corrected chi connectivity index (χ0v) is 4.00. The van der Waals surface area contributed by atoms with Gasteiger partial charge >= 0.3 is 0 Å². The van der Waals surface area contributed by atoms with Crippen LogP contribution in [0.2, 0.25) is 0 Å². The topological polar surface area (TPSA) is 55.5 Å². The van der Waals surface area contributed by atoms with Crippen LogP contribution in [0, 0.1) is 0 Å². The minimum absolute atomic E-state index is 0.0833. The molecule has 0 aliphatic carbocycles. The molecule has 0 aromatic carbocycles. The Morgan fingerprint density at radius 1 is 1.86 bits per heavy atom. The van der Waals surface area contributed by atoms with Gasteiger partial charge in [-0.25, -0.2) is 0 Å². The summed E-state index contributed by atoms with van der Waals surface area (Å²) in [4.78, 5) is 0. The second kappa shape index (κ2) is 1.78. The summed E-state index contributed by atoms with van der Waals surface area (Å²) in [7, 11) is 0. The first-order valence-electron chi connectivity index (χ1n) is 2.36. The van der Waals surface area contributed by atoms with Gasteiger partial charge in [-0.1, -0.05) is 0 Å². The zero-order valence-electron chi connectivity index (χ0n) is 4.00. The van der Waals surface area contributed by atoms with Crippen LogP contribution >= 0.6 is 0 Å². The van der Waals surface area contributed by atoms with Crippen molar-refractivity contribution < 1.29 is 9.84 Å². The van der Waals surface area contributed by atoms with Crippen LogP contribution in [0.15, 0.2) is 0 Å². The molecule has 2 unspecified atom stereocenters. The molecule has 0 radical (unpaired) electrons. The van der Waals surface area contributed by atoms with Gasteiger partial charge in [-0.05, 0) is 0 Å². The van der Waals surface area contributed by atoms with Gasteiger partial charge in [0.15, 0.2) is 0 Å². The predicted octanol–water partition coefficient (Wildman–Crippen LogP) is -0.948. The Labute approximate surface area is 42.1 Å². The lowest BCUT2D eigenvalue weighted by molar-refractivity contribution is -0.114. The lowest BCUT2D eigenvalue weighted by Gasteiger charge is -2.28. The Kier molecular flexibility index (Phi) is 1.27. The van der Waals surface area contributed by atoms with E-state index in [9.17, 15) is 0 Å². The van der Waals surface area contributed by atoms with Gasteiger partial charge in [-0.2, -0.15) is 0 Å². The Hall–Kier alpha value is -0.120. The molecule has 1 aliphatic heterocycles. The van der Waals surface area contributed by atoms with E-state index in [2.05, 4.69) is 0 Å². The van der Waals surface area contributed by atoms with Crippen molar-refractivity contribution in [3.05, 3.63) is 0 Å². The molecule has 1 heterocycles. The number of ether oxygens (including phenoxy) is 1. The fraction of sp³-hybridized carbons (Fsp3) is 1.00. The van der Waals surface area contributed by atoms with Crippen molar-refractivity contribution >= 4 is 0 Å². The molecule has 1 fully saturated rings. The normalized spacial score (nSPS) is 34.3. The lowest BCUT2D eigenvalue weighted by atomic mass is 10.2. The molecule has 1 aliphatic rings. The summed E-state index contributed by atoms with van der Waals surface area (Å²) < 4.78 is 4.82. The second-order valence-electron chi connectivity index (χ2n) is 1.69. The van der Waals surface area contributed by atoms with E-state index in [4.69, 9.17) is 15.6 Å². The summed E-state index contributed by atoms with van der Waals surface area (Å²) in [6.07, 6.45) is 0.0475. The number of hydrogen-bond acceptors (Lipinski definition) is 3. The van der Waals surface area contributed by atoms with Crippen molar-refractivity contribution in [2.45, 2.75) is 18.8 Å². The molecule has 7 heavy (non-hydrogen) atoms. The highest BCUT2D eigenvalue weighted by atomic mass is 16.5.